The maximum atomic E-state index is 13.5. The molecule has 1 saturated carbocycles. The number of fused-ring (bicyclic) bond motifs is 3. The normalized spacial score (nSPS) is 18.1. The average Bonchev–Trinajstić information content (AvgIpc) is 3.28. The monoisotopic (exact) mass is 526 g/mol. The summed E-state index contributed by atoms with van der Waals surface area (Å²) in [6, 6.07) is 25.9. The fraction of sp³-hybridized carbons (Fsp3) is 0.344. The van der Waals surface area contributed by atoms with Crippen molar-refractivity contribution >= 4 is 18.0 Å². The fourth-order valence-electron chi connectivity index (χ4n) is 5.91. The summed E-state index contributed by atoms with van der Waals surface area (Å²) in [5.41, 5.74) is 5.64. The van der Waals surface area contributed by atoms with Crippen LogP contribution in [0.15, 0.2) is 78.9 Å². The van der Waals surface area contributed by atoms with Gasteiger partial charge in [0.05, 0.1) is 6.42 Å². The quantitative estimate of drug-likeness (QED) is 0.379. The lowest BCUT2D eigenvalue weighted by molar-refractivity contribution is -0.140. The highest BCUT2D eigenvalue weighted by molar-refractivity contribution is 5.80. The van der Waals surface area contributed by atoms with Gasteiger partial charge in [-0.15, -0.1) is 0 Å². The summed E-state index contributed by atoms with van der Waals surface area (Å²) in [5.74, 6) is -1.27. The number of ether oxygens (including phenoxy) is 1. The van der Waals surface area contributed by atoms with Crippen LogP contribution in [0.5, 0.6) is 0 Å². The molecular formula is C32H34N2O5. The van der Waals surface area contributed by atoms with Gasteiger partial charge in [-0.2, -0.15) is 0 Å². The molecule has 3 aromatic rings. The molecule has 0 radical (unpaired) electrons. The van der Waals surface area contributed by atoms with Crippen LogP contribution in [0.2, 0.25) is 0 Å². The largest absolute Gasteiger partial charge is 0.481 e. The zero-order valence-corrected chi connectivity index (χ0v) is 21.9. The highest BCUT2D eigenvalue weighted by Crippen LogP contribution is 2.44. The van der Waals surface area contributed by atoms with Crippen LogP contribution in [-0.2, 0) is 20.9 Å². The van der Waals surface area contributed by atoms with E-state index in [4.69, 9.17) is 4.74 Å². The molecule has 0 aliphatic heterocycles. The van der Waals surface area contributed by atoms with Crippen molar-refractivity contribution in [2.24, 2.45) is 5.92 Å². The van der Waals surface area contributed by atoms with Gasteiger partial charge in [0.15, 0.2) is 0 Å². The number of nitrogens with zero attached hydrogens (tertiary/aromatic N) is 1. The van der Waals surface area contributed by atoms with Crippen LogP contribution in [0.1, 0.15) is 54.7 Å². The summed E-state index contributed by atoms with van der Waals surface area (Å²) in [7, 11) is 0. The topological polar surface area (TPSA) is 95.9 Å². The first-order valence-electron chi connectivity index (χ1n) is 13.7. The van der Waals surface area contributed by atoms with Crippen LogP contribution < -0.4 is 5.32 Å². The van der Waals surface area contributed by atoms with E-state index in [0.29, 0.717) is 13.0 Å². The van der Waals surface area contributed by atoms with Gasteiger partial charge in [0.25, 0.3) is 0 Å². The van der Waals surface area contributed by atoms with Gasteiger partial charge >= 0.3 is 12.1 Å². The summed E-state index contributed by atoms with van der Waals surface area (Å²) < 4.78 is 5.72. The van der Waals surface area contributed by atoms with E-state index in [1.165, 1.54) is 11.1 Å². The van der Waals surface area contributed by atoms with E-state index in [9.17, 15) is 19.5 Å². The molecule has 2 N–H and O–H groups in total. The van der Waals surface area contributed by atoms with Gasteiger partial charge in [-0.3, -0.25) is 9.59 Å². The number of alkyl carbamates (subject to hydrolysis) is 1. The van der Waals surface area contributed by atoms with E-state index in [1.54, 1.807) is 4.90 Å². The summed E-state index contributed by atoms with van der Waals surface area (Å²) in [6.07, 6.45) is 2.25. The molecule has 5 rings (SSSR count). The van der Waals surface area contributed by atoms with E-state index >= 15 is 0 Å². The third-order valence-corrected chi connectivity index (χ3v) is 7.81. The number of carbonyl (C=O) groups is 3. The number of rotatable bonds is 9. The molecule has 39 heavy (non-hydrogen) atoms. The van der Waals surface area contributed by atoms with Gasteiger partial charge in [-0.25, -0.2) is 4.79 Å². The minimum absolute atomic E-state index is 0.00962. The lowest BCUT2D eigenvalue weighted by Crippen LogP contribution is -2.44. The van der Waals surface area contributed by atoms with Crippen molar-refractivity contribution < 1.29 is 24.2 Å². The molecule has 202 valence electrons. The molecule has 0 unspecified atom stereocenters. The van der Waals surface area contributed by atoms with Crippen molar-refractivity contribution in [3.05, 3.63) is 95.6 Å². The van der Waals surface area contributed by atoms with Crippen molar-refractivity contribution in [2.75, 3.05) is 13.2 Å². The Bertz CT molecular complexity index is 1280. The number of carbonyl (C=O) groups excluding carboxylic acids is 2. The molecule has 1 fully saturated rings. The lowest BCUT2D eigenvalue weighted by Gasteiger charge is -2.33. The second-order valence-electron chi connectivity index (χ2n) is 10.4. The predicted octanol–water partition coefficient (Wildman–Crippen LogP) is 5.59. The Kier molecular flexibility index (Phi) is 8.25. The molecule has 2 aliphatic carbocycles. The number of hydrogen-bond acceptors (Lipinski definition) is 4. The minimum Gasteiger partial charge on any atom is -0.481 e. The number of benzene rings is 3. The molecule has 7 nitrogen and oxygen atoms in total. The number of aliphatic carboxylic acids is 1. The summed E-state index contributed by atoms with van der Waals surface area (Å²) >= 11 is 0. The first-order valence-corrected chi connectivity index (χ1v) is 13.7. The number of carboxylic acid groups (broad SMARTS) is 1. The molecule has 2 aliphatic rings. The van der Waals surface area contributed by atoms with Crippen LogP contribution in [0.25, 0.3) is 11.1 Å². The number of hydrogen-bond donors (Lipinski definition) is 2. The van der Waals surface area contributed by atoms with E-state index in [0.717, 1.165) is 36.0 Å². The third-order valence-electron chi connectivity index (χ3n) is 7.81. The SMILES string of the molecule is O=C(O)CCN(Cc1ccccc1)C(=O)[C@@H]1CCC[C@@H](NC(=O)OCC2c3ccccc3-c3ccccc32)C1. The second kappa shape index (κ2) is 12.2. The minimum atomic E-state index is -0.931. The molecular weight excluding hydrogens is 492 g/mol. The van der Waals surface area contributed by atoms with E-state index in [2.05, 4.69) is 29.6 Å². The standard InChI is InChI=1S/C32H34N2O5/c35-30(36)17-18-34(20-22-9-2-1-3-10-22)31(37)23-11-8-12-24(19-23)33-32(38)39-21-29-27-15-6-4-13-25(27)26-14-5-7-16-28(26)29/h1-7,9-10,13-16,23-24,29H,8,11-12,17-21H2,(H,33,38)(H,35,36)/t23-,24-/m1/s1. The summed E-state index contributed by atoms with van der Waals surface area (Å²) in [5, 5.41) is 12.2. The van der Waals surface area contributed by atoms with E-state index in [-0.39, 0.29) is 43.4 Å². The maximum absolute atomic E-state index is 13.5. The average molecular weight is 527 g/mol. The highest BCUT2D eigenvalue weighted by atomic mass is 16.5. The maximum Gasteiger partial charge on any atom is 0.407 e. The van der Waals surface area contributed by atoms with Gasteiger partial charge < -0.3 is 20.1 Å². The van der Waals surface area contributed by atoms with E-state index < -0.39 is 12.1 Å². The van der Waals surface area contributed by atoms with Crippen LogP contribution in [0.3, 0.4) is 0 Å². The van der Waals surface area contributed by atoms with Gasteiger partial charge in [0.2, 0.25) is 5.91 Å². The predicted molar refractivity (Wildman–Crippen MR) is 148 cm³/mol. The van der Waals surface area contributed by atoms with Crippen LogP contribution in [0.4, 0.5) is 4.79 Å². The van der Waals surface area contributed by atoms with Crippen molar-refractivity contribution in [2.45, 2.75) is 50.6 Å². The zero-order valence-electron chi connectivity index (χ0n) is 21.9. The molecule has 3 aromatic carbocycles. The molecule has 0 bridgehead atoms. The Morgan fingerprint density at radius 1 is 0.872 bits per heavy atom. The Morgan fingerprint density at radius 2 is 1.51 bits per heavy atom. The van der Waals surface area contributed by atoms with Crippen molar-refractivity contribution in [1.82, 2.24) is 10.2 Å². The summed E-state index contributed by atoms with van der Waals surface area (Å²) in [4.78, 5) is 39.2. The fourth-order valence-corrected chi connectivity index (χ4v) is 5.91. The Hall–Kier alpha value is -4.13. The van der Waals surface area contributed by atoms with Crippen LogP contribution in [0, 0.1) is 5.92 Å². The Morgan fingerprint density at radius 3 is 2.18 bits per heavy atom. The van der Waals surface area contributed by atoms with Crippen molar-refractivity contribution in [3.63, 3.8) is 0 Å². The molecule has 2 amide bonds. The number of carboxylic acids is 1. The number of nitrogens with one attached hydrogen (secondary N) is 1. The van der Waals surface area contributed by atoms with Crippen molar-refractivity contribution in [3.8, 4) is 11.1 Å². The smallest absolute Gasteiger partial charge is 0.407 e. The first kappa shape index (κ1) is 26.5. The second-order valence-corrected chi connectivity index (χ2v) is 10.4. The molecule has 2 atom stereocenters. The van der Waals surface area contributed by atoms with Crippen LogP contribution >= 0.6 is 0 Å². The third kappa shape index (κ3) is 6.30. The summed E-state index contributed by atoms with van der Waals surface area (Å²) in [6.45, 7) is 0.771. The molecule has 7 heteroatoms. The Balaban J connectivity index is 1.18. The first-order chi connectivity index (χ1) is 19.0. The van der Waals surface area contributed by atoms with Gasteiger partial charge in [0, 0.05) is 31.0 Å². The van der Waals surface area contributed by atoms with E-state index in [1.807, 2.05) is 54.6 Å². The highest BCUT2D eigenvalue weighted by Gasteiger charge is 2.33. The molecule has 0 spiro atoms. The van der Waals surface area contributed by atoms with Crippen LogP contribution in [-0.4, -0.2) is 47.2 Å². The molecule has 0 aromatic heterocycles. The van der Waals surface area contributed by atoms with Crippen molar-refractivity contribution in [1.29, 1.82) is 0 Å². The Labute approximate surface area is 228 Å². The molecule has 0 heterocycles. The van der Waals surface area contributed by atoms with Gasteiger partial charge in [-0.05, 0) is 47.1 Å². The lowest BCUT2D eigenvalue weighted by atomic mass is 9.84. The van der Waals surface area contributed by atoms with Gasteiger partial charge in [-0.1, -0.05) is 85.3 Å². The van der Waals surface area contributed by atoms with Gasteiger partial charge in [0.1, 0.15) is 6.61 Å². The zero-order chi connectivity index (χ0) is 27.2. The molecule has 0 saturated heterocycles. The number of amides is 2.